The maximum absolute atomic E-state index is 11.3. The normalized spacial score (nSPS) is 28.2. The minimum atomic E-state index is -0.776. The maximum atomic E-state index is 11.3. The molecule has 0 saturated carbocycles. The number of rotatable bonds is 2. The summed E-state index contributed by atoms with van der Waals surface area (Å²) in [5, 5.41) is 9.26. The monoisotopic (exact) mass is 302 g/mol. The third-order valence-electron chi connectivity index (χ3n) is 4.24. The van der Waals surface area contributed by atoms with Gasteiger partial charge in [-0.15, -0.1) is 0 Å². The third-order valence-corrected chi connectivity index (χ3v) is 4.24. The number of carboxylic acid groups (broad SMARTS) is 1. The fourth-order valence-corrected chi connectivity index (χ4v) is 2.59. The van der Waals surface area contributed by atoms with Crippen LogP contribution in [0.2, 0.25) is 0 Å². The highest BCUT2D eigenvalue weighted by Crippen LogP contribution is 2.21. The average molecular weight is 302 g/mol. The van der Waals surface area contributed by atoms with Gasteiger partial charge in [-0.1, -0.05) is 54.9 Å². The van der Waals surface area contributed by atoms with Crippen LogP contribution in [0.5, 0.6) is 0 Å². The van der Waals surface area contributed by atoms with Gasteiger partial charge in [-0.3, -0.25) is 0 Å². The van der Waals surface area contributed by atoms with Crippen LogP contribution in [-0.2, 0) is 4.79 Å². The van der Waals surface area contributed by atoms with E-state index in [1.165, 1.54) is 16.7 Å². The standard InChI is InChI=1S/C20H30O2/c1-15(2)18-13-11-16(3)7-5-9-19(20(21)22)10-6-8-17(4)12-14-18/h7,10,12,14-15H,5-6,8-9,11,13H2,1-4H3,(H,21,22)/b16-7+,17-12+,18-14+,19-10-. The maximum Gasteiger partial charge on any atom is 0.331 e. The molecule has 2 nitrogen and oxygen atoms in total. The van der Waals surface area contributed by atoms with Crippen molar-refractivity contribution >= 4 is 5.97 Å². The van der Waals surface area contributed by atoms with Crippen LogP contribution in [0, 0.1) is 5.92 Å². The summed E-state index contributed by atoms with van der Waals surface area (Å²) >= 11 is 0. The van der Waals surface area contributed by atoms with Crippen molar-refractivity contribution in [3.8, 4) is 0 Å². The highest BCUT2D eigenvalue weighted by atomic mass is 16.4. The molecule has 0 aromatic heterocycles. The lowest BCUT2D eigenvalue weighted by Gasteiger charge is -2.12. The van der Waals surface area contributed by atoms with E-state index in [0.717, 1.165) is 32.1 Å². The summed E-state index contributed by atoms with van der Waals surface area (Å²) in [7, 11) is 0. The molecule has 0 saturated heterocycles. The highest BCUT2D eigenvalue weighted by Gasteiger charge is 2.07. The van der Waals surface area contributed by atoms with Gasteiger partial charge in [0.2, 0.25) is 0 Å². The molecule has 0 heterocycles. The first-order chi connectivity index (χ1) is 10.4. The third kappa shape index (κ3) is 6.93. The number of aliphatic carboxylic acids is 1. The molecule has 0 radical (unpaired) electrons. The lowest BCUT2D eigenvalue weighted by atomic mass is 9.94. The zero-order chi connectivity index (χ0) is 16.5. The Kier molecular flexibility index (Phi) is 7.94. The van der Waals surface area contributed by atoms with E-state index in [9.17, 15) is 9.90 Å². The Morgan fingerprint density at radius 2 is 1.64 bits per heavy atom. The molecule has 1 rings (SSSR count). The SMILES string of the molecule is C/C1=C\C=C(\C(C)C)CC/C(C)=C/CC/C(C(=O)O)=C/CC1. The van der Waals surface area contributed by atoms with Gasteiger partial charge in [-0.2, -0.15) is 0 Å². The second-order valence-corrected chi connectivity index (χ2v) is 6.57. The second-order valence-electron chi connectivity index (χ2n) is 6.57. The molecular weight excluding hydrogens is 272 g/mol. The summed E-state index contributed by atoms with van der Waals surface area (Å²) in [6.07, 6.45) is 13.9. The first-order valence-corrected chi connectivity index (χ1v) is 8.34. The number of carbonyl (C=O) groups is 1. The summed E-state index contributed by atoms with van der Waals surface area (Å²) in [4.78, 5) is 11.3. The molecule has 0 amide bonds. The van der Waals surface area contributed by atoms with E-state index in [1.54, 1.807) is 0 Å². The van der Waals surface area contributed by atoms with Crippen LogP contribution < -0.4 is 0 Å². The molecule has 22 heavy (non-hydrogen) atoms. The minimum Gasteiger partial charge on any atom is -0.478 e. The van der Waals surface area contributed by atoms with E-state index >= 15 is 0 Å². The zero-order valence-corrected chi connectivity index (χ0v) is 14.5. The van der Waals surface area contributed by atoms with Gasteiger partial charge < -0.3 is 5.11 Å². The minimum absolute atomic E-state index is 0.548. The van der Waals surface area contributed by atoms with Gasteiger partial charge in [0.05, 0.1) is 0 Å². The van der Waals surface area contributed by atoms with E-state index in [-0.39, 0.29) is 0 Å². The smallest absolute Gasteiger partial charge is 0.331 e. The molecule has 0 aromatic carbocycles. The van der Waals surface area contributed by atoms with Gasteiger partial charge in [0.25, 0.3) is 0 Å². The van der Waals surface area contributed by atoms with E-state index < -0.39 is 5.97 Å². The molecule has 0 spiro atoms. The predicted molar refractivity (Wildman–Crippen MR) is 93.9 cm³/mol. The first kappa shape index (κ1) is 18.5. The second kappa shape index (κ2) is 9.45. The molecule has 0 bridgehead atoms. The highest BCUT2D eigenvalue weighted by molar-refractivity contribution is 5.86. The van der Waals surface area contributed by atoms with E-state index in [0.29, 0.717) is 17.9 Å². The van der Waals surface area contributed by atoms with E-state index in [4.69, 9.17) is 0 Å². The number of hydrogen-bond acceptors (Lipinski definition) is 1. The van der Waals surface area contributed by atoms with Crippen molar-refractivity contribution in [2.75, 3.05) is 0 Å². The van der Waals surface area contributed by atoms with Gasteiger partial charge in [-0.25, -0.2) is 4.79 Å². The molecule has 0 aliphatic heterocycles. The molecule has 1 N–H and O–H groups in total. The molecule has 0 aromatic rings. The van der Waals surface area contributed by atoms with Crippen molar-refractivity contribution < 1.29 is 9.90 Å². The van der Waals surface area contributed by atoms with Crippen LogP contribution in [0.3, 0.4) is 0 Å². The Morgan fingerprint density at radius 1 is 0.955 bits per heavy atom. The van der Waals surface area contributed by atoms with Crippen LogP contribution in [0.15, 0.2) is 46.6 Å². The fourth-order valence-electron chi connectivity index (χ4n) is 2.59. The average Bonchev–Trinajstić information content (AvgIpc) is 2.44. The van der Waals surface area contributed by atoms with E-state index in [2.05, 4.69) is 45.9 Å². The zero-order valence-electron chi connectivity index (χ0n) is 14.5. The molecular formula is C20H30O2. The van der Waals surface area contributed by atoms with Gasteiger partial charge in [-0.05, 0) is 58.3 Å². The molecule has 0 atom stereocenters. The summed E-state index contributed by atoms with van der Waals surface area (Å²) < 4.78 is 0. The number of allylic oxidation sites excluding steroid dienone is 7. The molecule has 0 fully saturated rings. The Hall–Kier alpha value is -1.57. The Labute approximate surface area is 135 Å². The van der Waals surface area contributed by atoms with Gasteiger partial charge in [0.15, 0.2) is 0 Å². The molecule has 1 aliphatic rings. The van der Waals surface area contributed by atoms with Crippen molar-refractivity contribution in [3.05, 3.63) is 46.6 Å². The first-order valence-electron chi connectivity index (χ1n) is 8.34. The van der Waals surface area contributed by atoms with Crippen molar-refractivity contribution in [1.29, 1.82) is 0 Å². The molecule has 0 unspecified atom stereocenters. The molecule has 1 aliphatic carbocycles. The Morgan fingerprint density at radius 3 is 2.27 bits per heavy atom. The van der Waals surface area contributed by atoms with Crippen molar-refractivity contribution in [3.63, 3.8) is 0 Å². The quantitative estimate of drug-likeness (QED) is 0.652. The Balaban J connectivity index is 2.96. The summed E-state index contributed by atoms with van der Waals surface area (Å²) in [5.41, 5.74) is 4.70. The van der Waals surface area contributed by atoms with Gasteiger partial charge in [0, 0.05) is 5.57 Å². The lowest BCUT2D eigenvalue weighted by Crippen LogP contribution is -2.01. The van der Waals surface area contributed by atoms with Crippen LogP contribution in [0.4, 0.5) is 0 Å². The molecule has 122 valence electrons. The van der Waals surface area contributed by atoms with E-state index in [1.807, 2.05) is 6.08 Å². The van der Waals surface area contributed by atoms with Crippen LogP contribution >= 0.6 is 0 Å². The lowest BCUT2D eigenvalue weighted by molar-refractivity contribution is -0.132. The number of hydrogen-bond donors (Lipinski definition) is 1. The summed E-state index contributed by atoms with van der Waals surface area (Å²) in [6, 6.07) is 0. The number of carboxylic acids is 1. The topological polar surface area (TPSA) is 37.3 Å². The van der Waals surface area contributed by atoms with Gasteiger partial charge >= 0.3 is 5.97 Å². The molecule has 2 heteroatoms. The largest absolute Gasteiger partial charge is 0.478 e. The fraction of sp³-hybridized carbons (Fsp3) is 0.550. The van der Waals surface area contributed by atoms with Crippen LogP contribution in [0.1, 0.15) is 66.2 Å². The van der Waals surface area contributed by atoms with Gasteiger partial charge in [0.1, 0.15) is 0 Å². The summed E-state index contributed by atoms with van der Waals surface area (Å²) in [5.74, 6) is -0.204. The van der Waals surface area contributed by atoms with Crippen molar-refractivity contribution in [1.82, 2.24) is 0 Å². The van der Waals surface area contributed by atoms with Crippen molar-refractivity contribution in [2.45, 2.75) is 66.2 Å². The van der Waals surface area contributed by atoms with Crippen molar-refractivity contribution in [2.24, 2.45) is 5.92 Å². The summed E-state index contributed by atoms with van der Waals surface area (Å²) in [6.45, 7) is 8.77. The van der Waals surface area contributed by atoms with Crippen LogP contribution in [0.25, 0.3) is 0 Å². The Bertz CT molecular complexity index is 502. The van der Waals surface area contributed by atoms with Crippen LogP contribution in [-0.4, -0.2) is 11.1 Å². The predicted octanol–water partition coefficient (Wildman–Crippen LogP) is 5.83.